The van der Waals surface area contributed by atoms with E-state index in [1.165, 1.54) is 57.8 Å². The van der Waals surface area contributed by atoms with Crippen LogP contribution in [-0.2, 0) is 9.63 Å². The molecule has 0 spiro atoms. The van der Waals surface area contributed by atoms with Gasteiger partial charge in [0, 0.05) is 13.0 Å². The average Bonchev–Trinajstić information content (AvgIpc) is 2.39. The second kappa shape index (κ2) is 14.5. The summed E-state index contributed by atoms with van der Waals surface area (Å²) in [5, 5.41) is 0. The van der Waals surface area contributed by atoms with E-state index in [1.54, 1.807) is 6.92 Å². The molecule has 0 aromatic carbocycles. The van der Waals surface area contributed by atoms with Gasteiger partial charge in [0.2, 0.25) is 0 Å². The number of hydrogen-bond acceptors (Lipinski definition) is 3. The van der Waals surface area contributed by atoms with Crippen LogP contribution >= 0.6 is 0 Å². The van der Waals surface area contributed by atoms with Crippen molar-refractivity contribution in [3.8, 4) is 0 Å². The molecular weight excluding hydrogens is 226 g/mol. The molecule has 0 aliphatic carbocycles. The summed E-state index contributed by atoms with van der Waals surface area (Å²) in [4.78, 5) is 15.6. The van der Waals surface area contributed by atoms with Gasteiger partial charge in [-0.25, -0.2) is 0 Å². The number of hydrogen-bond donors (Lipinski definition) is 1. The summed E-state index contributed by atoms with van der Waals surface area (Å²) in [6.45, 7) is 4.83. The van der Waals surface area contributed by atoms with E-state index >= 15 is 0 Å². The largest absolute Gasteiger partial charge is 0.371 e. The highest BCUT2D eigenvalue weighted by Crippen LogP contribution is 2.10. The molecule has 0 aromatic rings. The normalized spacial score (nSPS) is 10.6. The van der Waals surface area contributed by atoms with Gasteiger partial charge in [0.25, 0.3) is 0 Å². The van der Waals surface area contributed by atoms with Crippen molar-refractivity contribution in [2.45, 2.75) is 84.5 Å². The standard InChI is InChI=1S/C15H31NO2/c1-3-5-6-7-8-9-10-11-12-13-14-16-18-15(17)4-2/h16H,3-14H2,1-2H3. The quantitative estimate of drug-likeness (QED) is 0.393. The third-order valence-corrected chi connectivity index (χ3v) is 3.11. The molecule has 0 saturated carbocycles. The fourth-order valence-corrected chi connectivity index (χ4v) is 1.89. The minimum absolute atomic E-state index is 0.179. The lowest BCUT2D eigenvalue weighted by molar-refractivity contribution is -0.150. The number of carbonyl (C=O) groups is 1. The Bertz CT molecular complexity index is 183. The minimum atomic E-state index is -0.179. The van der Waals surface area contributed by atoms with Gasteiger partial charge in [-0.15, -0.1) is 0 Å². The molecular formula is C15H31NO2. The Labute approximate surface area is 113 Å². The van der Waals surface area contributed by atoms with Crippen LogP contribution in [0.4, 0.5) is 0 Å². The maximum Gasteiger partial charge on any atom is 0.324 e. The Morgan fingerprint density at radius 3 is 1.83 bits per heavy atom. The second-order valence-electron chi connectivity index (χ2n) is 4.90. The van der Waals surface area contributed by atoms with Crippen LogP contribution in [0.3, 0.4) is 0 Å². The highest BCUT2D eigenvalue weighted by atomic mass is 16.7. The molecule has 0 unspecified atom stereocenters. The SMILES string of the molecule is CCCCCCCCCCCCNOC(=O)CC. The molecule has 1 N–H and O–H groups in total. The third kappa shape index (κ3) is 13.5. The van der Waals surface area contributed by atoms with Gasteiger partial charge >= 0.3 is 5.97 Å². The highest BCUT2D eigenvalue weighted by molar-refractivity contribution is 5.68. The molecule has 0 radical (unpaired) electrons. The highest BCUT2D eigenvalue weighted by Gasteiger charge is 1.97. The molecule has 0 bridgehead atoms. The van der Waals surface area contributed by atoms with Gasteiger partial charge in [-0.1, -0.05) is 71.6 Å². The molecule has 0 atom stereocenters. The van der Waals surface area contributed by atoms with Crippen LogP contribution in [0, 0.1) is 0 Å². The van der Waals surface area contributed by atoms with E-state index in [1.807, 2.05) is 0 Å². The molecule has 3 heteroatoms. The molecule has 0 amide bonds. The fraction of sp³-hybridized carbons (Fsp3) is 0.933. The molecule has 0 saturated heterocycles. The van der Waals surface area contributed by atoms with E-state index in [0.29, 0.717) is 6.42 Å². The molecule has 0 aromatic heterocycles. The Kier molecular flexibility index (Phi) is 14.0. The summed E-state index contributed by atoms with van der Waals surface area (Å²) in [7, 11) is 0. The first-order chi connectivity index (χ1) is 8.81. The first-order valence-electron chi connectivity index (χ1n) is 7.73. The molecule has 0 fully saturated rings. The van der Waals surface area contributed by atoms with E-state index in [0.717, 1.165) is 13.0 Å². The van der Waals surface area contributed by atoms with Crippen molar-refractivity contribution in [1.29, 1.82) is 0 Å². The molecule has 0 aliphatic heterocycles. The molecule has 0 heterocycles. The lowest BCUT2D eigenvalue weighted by Gasteiger charge is -2.04. The van der Waals surface area contributed by atoms with Crippen molar-refractivity contribution in [3.63, 3.8) is 0 Å². The first-order valence-corrected chi connectivity index (χ1v) is 7.73. The minimum Gasteiger partial charge on any atom is -0.371 e. The van der Waals surface area contributed by atoms with E-state index in [4.69, 9.17) is 4.84 Å². The van der Waals surface area contributed by atoms with Crippen LogP contribution in [-0.4, -0.2) is 12.5 Å². The zero-order valence-electron chi connectivity index (χ0n) is 12.3. The Balaban J connectivity index is 2.97. The molecule has 0 aliphatic rings. The van der Waals surface area contributed by atoms with E-state index in [9.17, 15) is 4.79 Å². The third-order valence-electron chi connectivity index (χ3n) is 3.11. The summed E-state index contributed by atoms with van der Waals surface area (Å²) in [5.41, 5.74) is 2.71. The van der Waals surface area contributed by atoms with Crippen molar-refractivity contribution < 1.29 is 9.63 Å². The molecule has 108 valence electrons. The second-order valence-corrected chi connectivity index (χ2v) is 4.90. The Morgan fingerprint density at radius 1 is 0.833 bits per heavy atom. The maximum atomic E-state index is 10.8. The monoisotopic (exact) mass is 257 g/mol. The summed E-state index contributed by atoms with van der Waals surface area (Å²) in [6, 6.07) is 0. The Hall–Kier alpha value is -0.570. The zero-order chi connectivity index (χ0) is 13.5. The summed E-state index contributed by atoms with van der Waals surface area (Å²) < 4.78 is 0. The Morgan fingerprint density at radius 2 is 1.33 bits per heavy atom. The van der Waals surface area contributed by atoms with Crippen molar-refractivity contribution in [1.82, 2.24) is 5.48 Å². The predicted octanol–water partition coefficient (Wildman–Crippen LogP) is 4.37. The van der Waals surface area contributed by atoms with Gasteiger partial charge in [0.15, 0.2) is 0 Å². The summed E-state index contributed by atoms with van der Waals surface area (Å²) in [5.74, 6) is -0.179. The topological polar surface area (TPSA) is 38.3 Å². The van der Waals surface area contributed by atoms with Gasteiger partial charge in [0.05, 0.1) is 0 Å². The van der Waals surface area contributed by atoms with E-state index < -0.39 is 0 Å². The predicted molar refractivity (Wildman–Crippen MR) is 76.2 cm³/mol. The van der Waals surface area contributed by atoms with Crippen molar-refractivity contribution in [3.05, 3.63) is 0 Å². The maximum absolute atomic E-state index is 10.8. The smallest absolute Gasteiger partial charge is 0.324 e. The number of rotatable bonds is 13. The average molecular weight is 257 g/mol. The van der Waals surface area contributed by atoms with Crippen LogP contribution in [0.5, 0.6) is 0 Å². The number of hydroxylamine groups is 1. The first kappa shape index (κ1) is 17.4. The number of carbonyl (C=O) groups excluding carboxylic acids is 1. The van der Waals surface area contributed by atoms with Crippen molar-refractivity contribution in [2.75, 3.05) is 6.54 Å². The van der Waals surface area contributed by atoms with Crippen LogP contribution < -0.4 is 5.48 Å². The van der Waals surface area contributed by atoms with Gasteiger partial charge in [-0.05, 0) is 6.42 Å². The summed E-state index contributed by atoms with van der Waals surface area (Å²) >= 11 is 0. The lowest BCUT2D eigenvalue weighted by Crippen LogP contribution is -2.20. The fourth-order valence-electron chi connectivity index (χ4n) is 1.89. The lowest BCUT2D eigenvalue weighted by atomic mass is 10.1. The molecule has 18 heavy (non-hydrogen) atoms. The summed E-state index contributed by atoms with van der Waals surface area (Å²) in [6.07, 6.45) is 13.7. The molecule has 0 rings (SSSR count). The van der Waals surface area contributed by atoms with Gasteiger partial charge in [-0.3, -0.25) is 4.79 Å². The van der Waals surface area contributed by atoms with Gasteiger partial charge in [-0.2, -0.15) is 5.48 Å². The number of nitrogens with one attached hydrogen (secondary N) is 1. The molecule has 3 nitrogen and oxygen atoms in total. The van der Waals surface area contributed by atoms with E-state index in [-0.39, 0.29) is 5.97 Å². The zero-order valence-corrected chi connectivity index (χ0v) is 12.3. The van der Waals surface area contributed by atoms with Gasteiger partial charge < -0.3 is 4.84 Å². The van der Waals surface area contributed by atoms with Gasteiger partial charge in [0.1, 0.15) is 0 Å². The van der Waals surface area contributed by atoms with Crippen molar-refractivity contribution >= 4 is 5.97 Å². The van der Waals surface area contributed by atoms with E-state index in [2.05, 4.69) is 12.4 Å². The van der Waals surface area contributed by atoms with Crippen LogP contribution in [0.2, 0.25) is 0 Å². The number of unbranched alkanes of at least 4 members (excludes halogenated alkanes) is 9. The van der Waals surface area contributed by atoms with Crippen LogP contribution in [0.15, 0.2) is 0 Å². The van der Waals surface area contributed by atoms with Crippen molar-refractivity contribution in [2.24, 2.45) is 0 Å². The van der Waals surface area contributed by atoms with Crippen LogP contribution in [0.25, 0.3) is 0 Å². The van der Waals surface area contributed by atoms with Crippen LogP contribution in [0.1, 0.15) is 84.5 Å².